The Kier molecular flexibility index (Phi) is 3.76. The Morgan fingerprint density at radius 2 is 2.00 bits per heavy atom. The monoisotopic (exact) mass is 263 g/mol. The molecule has 7 heteroatoms. The van der Waals surface area contributed by atoms with Crippen LogP contribution in [0.25, 0.3) is 0 Å². The molecular formula is C10H12F3N3S. The summed E-state index contributed by atoms with van der Waals surface area (Å²) >= 11 is 1.86. The number of rotatable bonds is 2. The fraction of sp³-hybridized carbons (Fsp3) is 0.600. The van der Waals surface area contributed by atoms with Crippen LogP contribution in [-0.2, 0) is 6.18 Å². The van der Waals surface area contributed by atoms with E-state index in [1.807, 2.05) is 11.8 Å². The maximum atomic E-state index is 12.4. The molecule has 17 heavy (non-hydrogen) atoms. The van der Waals surface area contributed by atoms with Gasteiger partial charge in [-0.15, -0.1) is 0 Å². The molecule has 1 aliphatic heterocycles. The number of thioether (sulfide) groups is 1. The summed E-state index contributed by atoms with van der Waals surface area (Å²) in [5.41, 5.74) is -0.903. The quantitative estimate of drug-likeness (QED) is 0.890. The average molecular weight is 263 g/mol. The number of nitrogens with zero attached hydrogens (tertiary/aromatic N) is 2. The van der Waals surface area contributed by atoms with Crippen molar-refractivity contribution in [2.45, 2.75) is 25.1 Å². The van der Waals surface area contributed by atoms with E-state index in [4.69, 9.17) is 0 Å². The van der Waals surface area contributed by atoms with Gasteiger partial charge in [0.05, 0.1) is 0 Å². The number of alkyl halides is 3. The number of hydrogen-bond donors (Lipinski definition) is 1. The van der Waals surface area contributed by atoms with E-state index in [2.05, 4.69) is 15.3 Å². The normalized spacial score (nSPS) is 18.1. The van der Waals surface area contributed by atoms with E-state index in [0.717, 1.165) is 36.6 Å². The van der Waals surface area contributed by atoms with E-state index in [-0.39, 0.29) is 12.0 Å². The average Bonchev–Trinajstić information content (AvgIpc) is 2.29. The van der Waals surface area contributed by atoms with Crippen LogP contribution in [0, 0.1) is 0 Å². The molecule has 0 bridgehead atoms. The second-order valence-electron chi connectivity index (χ2n) is 3.79. The molecule has 0 unspecified atom stereocenters. The van der Waals surface area contributed by atoms with Gasteiger partial charge in [0.1, 0.15) is 5.69 Å². The van der Waals surface area contributed by atoms with Crippen molar-refractivity contribution < 1.29 is 13.2 Å². The van der Waals surface area contributed by atoms with Gasteiger partial charge in [-0.3, -0.25) is 0 Å². The van der Waals surface area contributed by atoms with Crippen LogP contribution in [0.2, 0.25) is 0 Å². The van der Waals surface area contributed by atoms with Gasteiger partial charge in [-0.25, -0.2) is 9.97 Å². The molecule has 0 aromatic carbocycles. The zero-order valence-electron chi connectivity index (χ0n) is 9.00. The van der Waals surface area contributed by atoms with Crippen molar-refractivity contribution in [1.29, 1.82) is 0 Å². The Labute approximate surface area is 101 Å². The van der Waals surface area contributed by atoms with Crippen molar-refractivity contribution in [3.8, 4) is 0 Å². The lowest BCUT2D eigenvalue weighted by molar-refractivity contribution is -0.141. The first kappa shape index (κ1) is 12.5. The highest BCUT2D eigenvalue weighted by Crippen LogP contribution is 2.28. The van der Waals surface area contributed by atoms with Crippen LogP contribution in [0.15, 0.2) is 12.3 Å². The van der Waals surface area contributed by atoms with Gasteiger partial charge in [0, 0.05) is 12.2 Å². The summed E-state index contributed by atoms with van der Waals surface area (Å²) in [6, 6.07) is 1.06. The first-order chi connectivity index (χ1) is 8.05. The molecule has 0 aliphatic carbocycles. The van der Waals surface area contributed by atoms with E-state index in [1.165, 1.54) is 0 Å². The van der Waals surface area contributed by atoms with Crippen LogP contribution in [0.1, 0.15) is 18.5 Å². The van der Waals surface area contributed by atoms with Crippen LogP contribution in [-0.4, -0.2) is 27.5 Å². The molecule has 0 amide bonds. The fourth-order valence-electron chi connectivity index (χ4n) is 1.61. The molecule has 1 aromatic rings. The highest BCUT2D eigenvalue weighted by molar-refractivity contribution is 7.99. The van der Waals surface area contributed by atoms with Crippen LogP contribution in [0.4, 0.5) is 19.1 Å². The fourth-order valence-corrected chi connectivity index (χ4v) is 2.72. The topological polar surface area (TPSA) is 37.8 Å². The molecule has 0 atom stereocenters. The maximum Gasteiger partial charge on any atom is 0.433 e. The number of nitrogens with one attached hydrogen (secondary N) is 1. The Morgan fingerprint density at radius 3 is 2.65 bits per heavy atom. The minimum atomic E-state index is -4.41. The Bertz CT molecular complexity index is 377. The lowest BCUT2D eigenvalue weighted by Crippen LogP contribution is -2.26. The summed E-state index contributed by atoms with van der Waals surface area (Å²) in [6.45, 7) is 0. The third-order valence-corrected chi connectivity index (χ3v) is 3.55. The minimum Gasteiger partial charge on any atom is -0.351 e. The summed E-state index contributed by atoms with van der Waals surface area (Å²) in [6.07, 6.45) is -1.41. The summed E-state index contributed by atoms with van der Waals surface area (Å²) in [5, 5.41) is 2.96. The van der Waals surface area contributed by atoms with Crippen LogP contribution >= 0.6 is 11.8 Å². The minimum absolute atomic E-state index is 0.0664. The molecule has 1 N–H and O–H groups in total. The molecule has 3 nitrogen and oxygen atoms in total. The molecule has 0 spiro atoms. The Balaban J connectivity index is 2.05. The van der Waals surface area contributed by atoms with Crippen molar-refractivity contribution in [3.05, 3.63) is 18.0 Å². The number of hydrogen-bond acceptors (Lipinski definition) is 4. The third kappa shape index (κ3) is 3.49. The van der Waals surface area contributed by atoms with Crippen molar-refractivity contribution in [2.24, 2.45) is 0 Å². The van der Waals surface area contributed by atoms with Crippen molar-refractivity contribution in [2.75, 3.05) is 16.8 Å². The lowest BCUT2D eigenvalue weighted by atomic mass is 10.2. The third-order valence-electron chi connectivity index (χ3n) is 2.50. The molecule has 0 saturated carbocycles. The molecule has 0 radical (unpaired) electrons. The van der Waals surface area contributed by atoms with Gasteiger partial charge in [-0.2, -0.15) is 24.9 Å². The first-order valence-electron chi connectivity index (χ1n) is 5.30. The SMILES string of the molecule is FC(F)(F)c1ccnc(NC2CCSCC2)n1. The van der Waals surface area contributed by atoms with E-state index < -0.39 is 11.9 Å². The number of anilines is 1. The van der Waals surface area contributed by atoms with E-state index in [9.17, 15) is 13.2 Å². The van der Waals surface area contributed by atoms with Gasteiger partial charge in [0.2, 0.25) is 5.95 Å². The van der Waals surface area contributed by atoms with Gasteiger partial charge in [0.25, 0.3) is 0 Å². The molecule has 1 fully saturated rings. The molecule has 2 rings (SSSR count). The smallest absolute Gasteiger partial charge is 0.351 e. The Morgan fingerprint density at radius 1 is 1.29 bits per heavy atom. The molecule has 1 aromatic heterocycles. The van der Waals surface area contributed by atoms with Crippen LogP contribution in [0.3, 0.4) is 0 Å². The predicted octanol–water partition coefficient (Wildman–Crippen LogP) is 2.80. The standard InChI is InChI=1S/C10H12F3N3S/c11-10(12,13)8-1-4-14-9(16-8)15-7-2-5-17-6-3-7/h1,4,7H,2-3,5-6H2,(H,14,15,16). The van der Waals surface area contributed by atoms with E-state index >= 15 is 0 Å². The Hall–Kier alpha value is -0.980. The highest BCUT2D eigenvalue weighted by Gasteiger charge is 2.32. The molecule has 94 valence electrons. The van der Waals surface area contributed by atoms with E-state index in [0.29, 0.717) is 0 Å². The zero-order chi connectivity index (χ0) is 12.3. The summed E-state index contributed by atoms with van der Waals surface area (Å²) in [4.78, 5) is 7.30. The molecule has 1 saturated heterocycles. The van der Waals surface area contributed by atoms with Gasteiger partial charge in [-0.1, -0.05) is 0 Å². The van der Waals surface area contributed by atoms with Crippen molar-refractivity contribution in [3.63, 3.8) is 0 Å². The first-order valence-corrected chi connectivity index (χ1v) is 6.46. The van der Waals surface area contributed by atoms with Gasteiger partial charge >= 0.3 is 6.18 Å². The maximum absolute atomic E-state index is 12.4. The number of halogens is 3. The molecule has 2 heterocycles. The van der Waals surface area contributed by atoms with Crippen molar-refractivity contribution in [1.82, 2.24) is 9.97 Å². The van der Waals surface area contributed by atoms with Crippen LogP contribution in [0.5, 0.6) is 0 Å². The molecule has 1 aliphatic rings. The summed E-state index contributed by atoms with van der Waals surface area (Å²) in [5.74, 6) is 2.12. The second-order valence-corrected chi connectivity index (χ2v) is 5.02. The zero-order valence-corrected chi connectivity index (χ0v) is 9.81. The summed E-state index contributed by atoms with van der Waals surface area (Å²) < 4.78 is 37.3. The summed E-state index contributed by atoms with van der Waals surface area (Å²) in [7, 11) is 0. The largest absolute Gasteiger partial charge is 0.433 e. The van der Waals surface area contributed by atoms with Crippen molar-refractivity contribution >= 4 is 17.7 Å². The second kappa shape index (κ2) is 5.12. The lowest BCUT2D eigenvalue weighted by Gasteiger charge is -2.22. The van der Waals surface area contributed by atoms with Gasteiger partial charge in [0.15, 0.2) is 0 Å². The number of aromatic nitrogens is 2. The predicted molar refractivity (Wildman–Crippen MR) is 61.0 cm³/mol. The van der Waals surface area contributed by atoms with Crippen LogP contribution < -0.4 is 5.32 Å². The van der Waals surface area contributed by atoms with Gasteiger partial charge in [-0.05, 0) is 30.4 Å². The van der Waals surface area contributed by atoms with E-state index in [1.54, 1.807) is 0 Å². The molecular weight excluding hydrogens is 251 g/mol. The van der Waals surface area contributed by atoms with Gasteiger partial charge < -0.3 is 5.32 Å². The highest BCUT2D eigenvalue weighted by atomic mass is 32.2.